The van der Waals surface area contributed by atoms with Gasteiger partial charge in [0.1, 0.15) is 12.1 Å². The first-order chi connectivity index (χ1) is 17.8. The molecule has 1 aliphatic rings. The molecule has 37 heavy (non-hydrogen) atoms. The molecule has 1 unspecified atom stereocenters. The minimum Gasteiger partial charge on any atom is -0.366 e. The summed E-state index contributed by atoms with van der Waals surface area (Å²) in [5.74, 6) is 0.127. The van der Waals surface area contributed by atoms with Gasteiger partial charge < -0.3 is 5.73 Å². The smallest absolute Gasteiger partial charge is 0.350 e. The van der Waals surface area contributed by atoms with E-state index in [-0.39, 0.29) is 11.7 Å². The first-order valence-corrected chi connectivity index (χ1v) is 12.9. The lowest BCUT2D eigenvalue weighted by Crippen LogP contribution is -2.30. The lowest BCUT2D eigenvalue weighted by atomic mass is 9.99. The highest BCUT2D eigenvalue weighted by Gasteiger charge is 2.37. The maximum absolute atomic E-state index is 13.7. The molecule has 3 heterocycles. The van der Waals surface area contributed by atoms with Crippen molar-refractivity contribution in [1.29, 1.82) is 0 Å². The lowest BCUT2D eigenvalue weighted by molar-refractivity contribution is 0.100. The van der Waals surface area contributed by atoms with Crippen molar-refractivity contribution in [3.05, 3.63) is 88.7 Å². The Labute approximate surface area is 216 Å². The molecule has 2 aromatic heterocycles. The van der Waals surface area contributed by atoms with Crippen LogP contribution in [-0.4, -0.2) is 42.0 Å². The van der Waals surface area contributed by atoms with Crippen molar-refractivity contribution >= 4 is 28.6 Å². The number of primary amides is 1. The number of carbonyl (C=O) groups excluding carboxylic acids is 1. The highest BCUT2D eigenvalue weighted by atomic mass is 32.2. The van der Waals surface area contributed by atoms with Crippen LogP contribution in [-0.2, 0) is 24.6 Å². The molecule has 0 aliphatic carbocycles. The van der Waals surface area contributed by atoms with Crippen molar-refractivity contribution in [2.45, 2.75) is 26.3 Å². The lowest BCUT2D eigenvalue weighted by Gasteiger charge is -2.23. The van der Waals surface area contributed by atoms with Crippen molar-refractivity contribution in [2.24, 2.45) is 12.8 Å². The number of amides is 1. The Morgan fingerprint density at radius 2 is 1.89 bits per heavy atom. The van der Waals surface area contributed by atoms with Crippen molar-refractivity contribution in [1.82, 2.24) is 19.3 Å². The fourth-order valence-corrected chi connectivity index (χ4v) is 6.12. The minimum absolute atomic E-state index is 0.0879. The average Bonchev–Trinajstić information content (AvgIpc) is 3.40. The van der Waals surface area contributed by atoms with Gasteiger partial charge in [-0.15, -0.1) is 0 Å². The standard InChI is InChI=1S/C26H27N7O3S/c1-4-22-23(18-8-10-20(11-9-18)32-26(35)30(3)16-29-32)12-13-28-25(22)31-15-17(2)33(37(31)36)21-7-5-6-19(14-21)24(27)34/h5-14,16-17H,4,15H2,1-3H3,(H2,27,34)/t17-,37?/m0/s1. The first-order valence-electron chi connectivity index (χ1n) is 11.9. The molecule has 0 spiro atoms. The Hall–Kier alpha value is -4.25. The summed E-state index contributed by atoms with van der Waals surface area (Å²) < 4.78 is 20.1. The summed E-state index contributed by atoms with van der Waals surface area (Å²) in [6, 6.07) is 16.3. The number of nitrogens with zero attached hydrogens (tertiary/aromatic N) is 6. The van der Waals surface area contributed by atoms with E-state index in [1.807, 2.05) is 50.2 Å². The quantitative estimate of drug-likeness (QED) is 0.422. The summed E-state index contributed by atoms with van der Waals surface area (Å²) in [6.07, 6.45) is 3.88. The third-order valence-corrected chi connectivity index (χ3v) is 8.05. The molecule has 4 aromatic rings. The van der Waals surface area contributed by atoms with Crippen LogP contribution < -0.4 is 20.0 Å². The number of pyridine rings is 1. The van der Waals surface area contributed by atoms with Crippen LogP contribution in [0.25, 0.3) is 16.8 Å². The molecule has 1 amide bonds. The van der Waals surface area contributed by atoms with Gasteiger partial charge in [-0.25, -0.2) is 14.0 Å². The normalized spacial score (nSPS) is 17.4. The molecule has 0 bridgehead atoms. The monoisotopic (exact) mass is 517 g/mol. The largest absolute Gasteiger partial charge is 0.366 e. The van der Waals surface area contributed by atoms with Crippen LogP contribution in [0.1, 0.15) is 29.8 Å². The minimum atomic E-state index is -1.55. The van der Waals surface area contributed by atoms with Crippen LogP contribution >= 0.6 is 0 Å². The van der Waals surface area contributed by atoms with Crippen LogP contribution in [0.15, 0.2) is 71.9 Å². The van der Waals surface area contributed by atoms with E-state index >= 15 is 0 Å². The van der Waals surface area contributed by atoms with Crippen LogP contribution in [0.5, 0.6) is 0 Å². The summed E-state index contributed by atoms with van der Waals surface area (Å²) in [5.41, 5.74) is 9.85. The van der Waals surface area contributed by atoms with Crippen LogP contribution in [0.2, 0.25) is 0 Å². The van der Waals surface area contributed by atoms with Gasteiger partial charge in [0.05, 0.1) is 24.0 Å². The Morgan fingerprint density at radius 3 is 2.54 bits per heavy atom. The second-order valence-corrected chi connectivity index (χ2v) is 10.2. The van der Waals surface area contributed by atoms with Gasteiger partial charge in [-0.2, -0.15) is 9.78 Å². The fraction of sp³-hybridized carbons (Fsp3) is 0.231. The topological polar surface area (TPSA) is 119 Å². The SMILES string of the molecule is CCc1c(-c2ccc(-n3ncn(C)c3=O)cc2)ccnc1N1C[C@H](C)N(c2cccc(C(N)=O)c2)S1=O. The summed E-state index contributed by atoms with van der Waals surface area (Å²) in [4.78, 5) is 28.6. The number of aromatic nitrogens is 4. The molecule has 0 saturated carbocycles. The number of rotatable bonds is 6. The van der Waals surface area contributed by atoms with E-state index in [0.717, 1.165) is 16.7 Å². The number of carbonyl (C=O) groups is 1. The highest BCUT2D eigenvalue weighted by Crippen LogP contribution is 2.36. The van der Waals surface area contributed by atoms with E-state index in [1.165, 1.54) is 15.6 Å². The van der Waals surface area contributed by atoms with Gasteiger partial charge in [0.2, 0.25) is 17.1 Å². The predicted octanol–water partition coefficient (Wildman–Crippen LogP) is 2.59. The first kappa shape index (κ1) is 24.4. The molecule has 5 rings (SSSR count). The van der Waals surface area contributed by atoms with E-state index in [4.69, 9.17) is 5.73 Å². The Bertz CT molecular complexity index is 1560. The Kier molecular flexibility index (Phi) is 6.38. The van der Waals surface area contributed by atoms with Crippen LogP contribution in [0.3, 0.4) is 0 Å². The van der Waals surface area contributed by atoms with E-state index < -0.39 is 17.1 Å². The third kappa shape index (κ3) is 4.31. The Morgan fingerprint density at radius 1 is 1.14 bits per heavy atom. The summed E-state index contributed by atoms with van der Waals surface area (Å²) in [7, 11) is 1.66. The number of anilines is 2. The molecule has 1 fully saturated rings. The van der Waals surface area contributed by atoms with E-state index in [1.54, 1.807) is 40.1 Å². The zero-order chi connectivity index (χ0) is 26.3. The van der Waals surface area contributed by atoms with Crippen molar-refractivity contribution < 1.29 is 9.00 Å². The van der Waals surface area contributed by atoms with Crippen LogP contribution in [0.4, 0.5) is 11.5 Å². The molecule has 10 nitrogen and oxygen atoms in total. The van der Waals surface area contributed by atoms with Gasteiger partial charge in [-0.1, -0.05) is 25.1 Å². The summed E-state index contributed by atoms with van der Waals surface area (Å²) >= 11 is -1.55. The zero-order valence-electron chi connectivity index (χ0n) is 20.7. The Balaban J connectivity index is 1.49. The summed E-state index contributed by atoms with van der Waals surface area (Å²) in [6.45, 7) is 4.53. The van der Waals surface area contributed by atoms with Gasteiger partial charge in [-0.05, 0) is 60.9 Å². The van der Waals surface area contributed by atoms with Gasteiger partial charge in [0.25, 0.3) is 0 Å². The van der Waals surface area contributed by atoms with Crippen molar-refractivity contribution in [3.8, 4) is 16.8 Å². The maximum Gasteiger partial charge on any atom is 0.350 e. The van der Waals surface area contributed by atoms with Crippen molar-refractivity contribution in [2.75, 3.05) is 15.2 Å². The molecule has 2 N–H and O–H groups in total. The fourth-order valence-electron chi connectivity index (χ4n) is 4.59. The highest BCUT2D eigenvalue weighted by molar-refractivity contribution is 7.88. The maximum atomic E-state index is 13.7. The number of hydrogen-bond donors (Lipinski definition) is 1. The second-order valence-electron chi connectivity index (χ2n) is 8.88. The molecule has 1 aliphatic heterocycles. The molecule has 0 radical (unpaired) electrons. The molecule has 2 atom stereocenters. The molecule has 2 aromatic carbocycles. The number of hydrogen-bond acceptors (Lipinski definition) is 5. The zero-order valence-corrected chi connectivity index (χ0v) is 21.6. The van der Waals surface area contributed by atoms with E-state index in [2.05, 4.69) is 10.1 Å². The third-order valence-electron chi connectivity index (χ3n) is 6.44. The predicted molar refractivity (Wildman–Crippen MR) is 144 cm³/mol. The molecule has 1 saturated heterocycles. The van der Waals surface area contributed by atoms with Crippen molar-refractivity contribution in [3.63, 3.8) is 0 Å². The summed E-state index contributed by atoms with van der Waals surface area (Å²) in [5, 5.41) is 4.14. The molecule has 11 heteroatoms. The van der Waals surface area contributed by atoms with Crippen LogP contribution in [0, 0.1) is 0 Å². The van der Waals surface area contributed by atoms with E-state index in [9.17, 15) is 13.8 Å². The average molecular weight is 518 g/mol. The van der Waals surface area contributed by atoms with Gasteiger partial charge in [0.15, 0.2) is 0 Å². The number of benzene rings is 2. The molecular formula is C26H27N7O3S. The molecule has 190 valence electrons. The molecular weight excluding hydrogens is 490 g/mol. The van der Waals surface area contributed by atoms with E-state index in [0.29, 0.717) is 35.7 Å². The number of nitrogens with two attached hydrogens (primary N) is 1. The second kappa shape index (κ2) is 9.66. The van der Waals surface area contributed by atoms with Gasteiger partial charge >= 0.3 is 5.69 Å². The van der Waals surface area contributed by atoms with Gasteiger partial charge in [0, 0.05) is 24.4 Å². The van der Waals surface area contributed by atoms with Gasteiger partial charge in [-0.3, -0.25) is 18.0 Å². The number of aryl methyl sites for hydroxylation is 1.